The van der Waals surface area contributed by atoms with Crippen LogP contribution in [0.1, 0.15) is 27.7 Å². The second-order valence-electron chi connectivity index (χ2n) is 5.51. The number of nitrogens with two attached hydrogens (primary N) is 1. The fraction of sp³-hybridized carbons (Fsp3) is 1.00. The molecule has 0 aromatic carbocycles. The van der Waals surface area contributed by atoms with Crippen LogP contribution in [0, 0.1) is 5.92 Å². The van der Waals surface area contributed by atoms with Gasteiger partial charge in [-0.25, -0.2) is 8.42 Å². The molecule has 0 unspecified atom stereocenters. The van der Waals surface area contributed by atoms with Gasteiger partial charge in [-0.2, -0.15) is 0 Å². The first-order valence-corrected chi connectivity index (χ1v) is 7.62. The first-order valence-electron chi connectivity index (χ1n) is 5.90. The van der Waals surface area contributed by atoms with Crippen molar-refractivity contribution in [1.82, 2.24) is 4.90 Å². The summed E-state index contributed by atoms with van der Waals surface area (Å²) in [5, 5.41) is -0.276. The normalized spacial score (nSPS) is 21.4. The van der Waals surface area contributed by atoms with E-state index >= 15 is 0 Å². The molecule has 5 heteroatoms. The monoisotopic (exact) mass is 248 g/mol. The SMILES string of the molecule is CC(C)C1(N)CN(CCS(=O)(=O)C(C)C)C1. The van der Waals surface area contributed by atoms with Crippen molar-refractivity contribution in [1.29, 1.82) is 0 Å². The molecular weight excluding hydrogens is 224 g/mol. The summed E-state index contributed by atoms with van der Waals surface area (Å²) in [5.41, 5.74) is 6.03. The van der Waals surface area contributed by atoms with Gasteiger partial charge >= 0.3 is 0 Å². The number of nitrogens with zero attached hydrogens (tertiary/aromatic N) is 1. The molecule has 16 heavy (non-hydrogen) atoms. The first kappa shape index (κ1) is 13.9. The van der Waals surface area contributed by atoms with Gasteiger partial charge < -0.3 is 5.73 Å². The van der Waals surface area contributed by atoms with Gasteiger partial charge in [0, 0.05) is 25.2 Å². The Bertz CT molecular complexity index is 330. The quantitative estimate of drug-likeness (QED) is 0.768. The number of hydrogen-bond acceptors (Lipinski definition) is 4. The predicted octanol–water partition coefficient (Wildman–Crippen LogP) is 0.479. The van der Waals surface area contributed by atoms with Crippen LogP contribution < -0.4 is 5.73 Å². The molecule has 0 bridgehead atoms. The molecule has 2 N–H and O–H groups in total. The smallest absolute Gasteiger partial charge is 0.153 e. The Morgan fingerprint density at radius 1 is 1.25 bits per heavy atom. The third-order valence-corrected chi connectivity index (χ3v) is 5.78. The van der Waals surface area contributed by atoms with Crippen LogP contribution >= 0.6 is 0 Å². The molecule has 1 aliphatic heterocycles. The lowest BCUT2D eigenvalue weighted by molar-refractivity contribution is 0.0433. The maximum absolute atomic E-state index is 11.6. The van der Waals surface area contributed by atoms with Crippen molar-refractivity contribution in [3.05, 3.63) is 0 Å². The Hall–Kier alpha value is -0.130. The van der Waals surface area contributed by atoms with Crippen molar-refractivity contribution in [2.75, 3.05) is 25.4 Å². The van der Waals surface area contributed by atoms with Gasteiger partial charge in [-0.05, 0) is 19.8 Å². The zero-order chi connectivity index (χ0) is 12.6. The van der Waals surface area contributed by atoms with Crippen LogP contribution in [0.3, 0.4) is 0 Å². The average Bonchev–Trinajstić information content (AvgIpc) is 2.09. The topological polar surface area (TPSA) is 63.4 Å². The van der Waals surface area contributed by atoms with Gasteiger partial charge in [-0.3, -0.25) is 4.90 Å². The predicted molar refractivity (Wildman–Crippen MR) is 67.1 cm³/mol. The fourth-order valence-electron chi connectivity index (χ4n) is 1.80. The zero-order valence-electron chi connectivity index (χ0n) is 10.7. The van der Waals surface area contributed by atoms with Crippen LogP contribution in [0.25, 0.3) is 0 Å². The van der Waals surface area contributed by atoms with Crippen LogP contribution in [0.15, 0.2) is 0 Å². The molecule has 0 saturated carbocycles. The van der Waals surface area contributed by atoms with Gasteiger partial charge in [0.05, 0.1) is 11.0 Å². The molecule has 1 aliphatic rings. The highest BCUT2D eigenvalue weighted by Gasteiger charge is 2.41. The summed E-state index contributed by atoms with van der Waals surface area (Å²) >= 11 is 0. The maximum Gasteiger partial charge on any atom is 0.153 e. The highest BCUT2D eigenvalue weighted by molar-refractivity contribution is 7.92. The summed E-state index contributed by atoms with van der Waals surface area (Å²) in [6.45, 7) is 9.94. The Labute approximate surface area is 99.1 Å². The van der Waals surface area contributed by atoms with E-state index in [0.717, 1.165) is 13.1 Å². The van der Waals surface area contributed by atoms with Gasteiger partial charge in [-0.15, -0.1) is 0 Å². The van der Waals surface area contributed by atoms with E-state index in [2.05, 4.69) is 18.7 Å². The number of likely N-dealkylation sites (tertiary alicyclic amines) is 1. The second-order valence-corrected chi connectivity index (χ2v) is 8.19. The van der Waals surface area contributed by atoms with Crippen LogP contribution in [0.4, 0.5) is 0 Å². The molecule has 0 aliphatic carbocycles. The summed E-state index contributed by atoms with van der Waals surface area (Å²) in [5.74, 6) is 0.698. The van der Waals surface area contributed by atoms with E-state index in [1.165, 1.54) is 0 Å². The first-order chi connectivity index (χ1) is 7.17. The Kier molecular flexibility index (Phi) is 4.03. The van der Waals surface area contributed by atoms with Crippen molar-refractivity contribution in [3.8, 4) is 0 Å². The molecular formula is C11H24N2O2S. The van der Waals surface area contributed by atoms with Gasteiger partial charge in [-0.1, -0.05) is 13.8 Å². The van der Waals surface area contributed by atoms with Gasteiger partial charge in [0.15, 0.2) is 9.84 Å². The molecule has 0 atom stereocenters. The van der Waals surface area contributed by atoms with Crippen molar-refractivity contribution < 1.29 is 8.42 Å². The summed E-state index contributed by atoms with van der Waals surface area (Å²) < 4.78 is 23.2. The summed E-state index contributed by atoms with van der Waals surface area (Å²) in [4.78, 5) is 2.12. The Morgan fingerprint density at radius 2 is 1.75 bits per heavy atom. The van der Waals surface area contributed by atoms with Crippen molar-refractivity contribution in [2.24, 2.45) is 11.7 Å². The lowest BCUT2D eigenvalue weighted by Gasteiger charge is -2.50. The Morgan fingerprint density at radius 3 is 2.12 bits per heavy atom. The number of hydrogen-bond donors (Lipinski definition) is 1. The molecule has 1 fully saturated rings. The largest absolute Gasteiger partial charge is 0.323 e. The summed E-state index contributed by atoms with van der Waals surface area (Å²) in [6, 6.07) is 0. The molecule has 4 nitrogen and oxygen atoms in total. The Balaban J connectivity index is 2.35. The minimum Gasteiger partial charge on any atom is -0.323 e. The summed E-state index contributed by atoms with van der Waals surface area (Å²) in [6.07, 6.45) is 0. The number of rotatable bonds is 5. The van der Waals surface area contributed by atoms with Crippen LogP contribution in [-0.4, -0.2) is 49.5 Å². The highest BCUT2D eigenvalue weighted by Crippen LogP contribution is 2.25. The van der Waals surface area contributed by atoms with E-state index in [9.17, 15) is 8.42 Å². The molecule has 1 rings (SSSR count). The standard InChI is InChI=1S/C11H24N2O2S/c1-9(2)11(12)7-13(8-11)5-6-16(14,15)10(3)4/h9-10H,5-8,12H2,1-4H3. The van der Waals surface area contributed by atoms with Crippen molar-refractivity contribution in [3.63, 3.8) is 0 Å². The number of sulfone groups is 1. The molecule has 0 aromatic heterocycles. The van der Waals surface area contributed by atoms with Crippen LogP contribution in [-0.2, 0) is 9.84 Å². The summed E-state index contributed by atoms with van der Waals surface area (Å²) in [7, 11) is -2.91. The molecule has 0 amide bonds. The lowest BCUT2D eigenvalue weighted by Crippen LogP contribution is -2.70. The fourth-order valence-corrected chi connectivity index (χ4v) is 2.79. The average molecular weight is 248 g/mol. The van der Waals surface area contributed by atoms with Crippen molar-refractivity contribution >= 4 is 9.84 Å². The third-order valence-electron chi connectivity index (χ3n) is 3.60. The van der Waals surface area contributed by atoms with E-state index < -0.39 is 9.84 Å². The van der Waals surface area contributed by atoms with E-state index in [1.54, 1.807) is 13.8 Å². The van der Waals surface area contributed by atoms with E-state index in [1.807, 2.05) is 0 Å². The van der Waals surface area contributed by atoms with Crippen LogP contribution in [0.2, 0.25) is 0 Å². The van der Waals surface area contributed by atoms with Gasteiger partial charge in [0.25, 0.3) is 0 Å². The van der Waals surface area contributed by atoms with E-state index in [-0.39, 0.29) is 16.5 Å². The second kappa shape index (κ2) is 4.63. The molecule has 0 spiro atoms. The molecule has 96 valence electrons. The molecule has 0 radical (unpaired) electrons. The minimum absolute atomic E-state index is 0.110. The molecule has 0 aromatic rings. The third kappa shape index (κ3) is 2.96. The highest BCUT2D eigenvalue weighted by atomic mass is 32.2. The van der Waals surface area contributed by atoms with Crippen molar-refractivity contribution in [2.45, 2.75) is 38.5 Å². The van der Waals surface area contributed by atoms with E-state index in [4.69, 9.17) is 5.73 Å². The van der Waals surface area contributed by atoms with Gasteiger partial charge in [0.2, 0.25) is 0 Å². The van der Waals surface area contributed by atoms with E-state index in [0.29, 0.717) is 12.5 Å². The minimum atomic E-state index is -2.91. The maximum atomic E-state index is 11.6. The molecule has 1 saturated heterocycles. The zero-order valence-corrected chi connectivity index (χ0v) is 11.5. The molecule has 1 heterocycles. The van der Waals surface area contributed by atoms with Crippen LogP contribution in [0.5, 0.6) is 0 Å². The van der Waals surface area contributed by atoms with Gasteiger partial charge in [0.1, 0.15) is 0 Å². The lowest BCUT2D eigenvalue weighted by atomic mass is 9.80.